The third-order valence-electron chi connectivity index (χ3n) is 3.01. The molecule has 0 spiro atoms. The Kier molecular flexibility index (Phi) is 4.24. The van der Waals surface area contributed by atoms with Crippen LogP contribution in [0.25, 0.3) is 0 Å². The second-order valence-electron chi connectivity index (χ2n) is 4.43. The summed E-state index contributed by atoms with van der Waals surface area (Å²) < 4.78 is 12.9. The van der Waals surface area contributed by atoms with E-state index >= 15 is 0 Å². The summed E-state index contributed by atoms with van der Waals surface area (Å²) in [6, 6.07) is 5.06. The van der Waals surface area contributed by atoms with E-state index < -0.39 is 0 Å². The van der Waals surface area contributed by atoms with Crippen molar-refractivity contribution in [2.75, 3.05) is 18.8 Å². The molecule has 0 saturated carbocycles. The summed E-state index contributed by atoms with van der Waals surface area (Å²) in [4.78, 5) is 1.21. The Labute approximate surface area is 101 Å². The van der Waals surface area contributed by atoms with Crippen LogP contribution >= 0.6 is 11.8 Å². The van der Waals surface area contributed by atoms with Gasteiger partial charge in [0, 0.05) is 10.6 Å². The normalized spacial score (nSPS) is 21.0. The number of nitrogens with one attached hydrogen (secondary N) is 1. The minimum atomic E-state index is -0.138. The molecule has 0 radical (unpaired) electrons. The highest BCUT2D eigenvalue weighted by Crippen LogP contribution is 2.26. The average Bonchev–Trinajstić information content (AvgIpc) is 2.29. The Hall–Kier alpha value is -0.540. The van der Waals surface area contributed by atoms with Gasteiger partial charge in [-0.3, -0.25) is 0 Å². The summed E-state index contributed by atoms with van der Waals surface area (Å²) >= 11 is 1.86. The van der Waals surface area contributed by atoms with E-state index in [0.29, 0.717) is 0 Å². The zero-order valence-electron chi connectivity index (χ0n) is 9.63. The van der Waals surface area contributed by atoms with Crippen LogP contribution in [0.3, 0.4) is 0 Å². The highest BCUT2D eigenvalue weighted by molar-refractivity contribution is 7.99. The predicted octanol–water partition coefficient (Wildman–Crippen LogP) is 3.23. The Morgan fingerprint density at radius 1 is 1.50 bits per heavy atom. The second-order valence-corrected chi connectivity index (χ2v) is 5.50. The minimum absolute atomic E-state index is 0.138. The molecule has 1 aliphatic heterocycles. The van der Waals surface area contributed by atoms with Crippen molar-refractivity contribution in [1.29, 1.82) is 0 Å². The van der Waals surface area contributed by atoms with Gasteiger partial charge < -0.3 is 5.32 Å². The molecule has 1 aliphatic rings. The fourth-order valence-electron chi connectivity index (χ4n) is 2.05. The monoisotopic (exact) mass is 239 g/mol. The summed E-state index contributed by atoms with van der Waals surface area (Å²) in [7, 11) is 0. The molecule has 1 unspecified atom stereocenters. The Morgan fingerprint density at radius 2 is 2.38 bits per heavy atom. The zero-order chi connectivity index (χ0) is 11.4. The van der Waals surface area contributed by atoms with Crippen LogP contribution in [-0.4, -0.2) is 18.8 Å². The molecule has 0 aromatic heterocycles. The number of benzene rings is 1. The van der Waals surface area contributed by atoms with E-state index in [1.807, 2.05) is 24.8 Å². The van der Waals surface area contributed by atoms with Gasteiger partial charge in [-0.05, 0) is 62.5 Å². The topological polar surface area (TPSA) is 12.0 Å². The SMILES string of the molecule is Cc1cc(F)ccc1SCC1CCCNC1. The van der Waals surface area contributed by atoms with Gasteiger partial charge >= 0.3 is 0 Å². The van der Waals surface area contributed by atoms with Gasteiger partial charge in [0.15, 0.2) is 0 Å². The van der Waals surface area contributed by atoms with E-state index in [1.54, 1.807) is 12.1 Å². The molecule has 1 N–H and O–H groups in total. The summed E-state index contributed by atoms with van der Waals surface area (Å²) in [5.74, 6) is 1.77. The molecule has 1 atom stereocenters. The summed E-state index contributed by atoms with van der Waals surface area (Å²) in [5, 5.41) is 3.42. The van der Waals surface area contributed by atoms with Crippen molar-refractivity contribution in [3.05, 3.63) is 29.6 Å². The summed E-state index contributed by atoms with van der Waals surface area (Å²) in [6.07, 6.45) is 2.61. The maximum atomic E-state index is 12.9. The molecular formula is C13H18FNS. The van der Waals surface area contributed by atoms with Crippen LogP contribution in [-0.2, 0) is 0 Å². The smallest absolute Gasteiger partial charge is 0.123 e. The van der Waals surface area contributed by atoms with Gasteiger partial charge in [-0.2, -0.15) is 0 Å². The highest BCUT2D eigenvalue weighted by Gasteiger charge is 2.13. The van der Waals surface area contributed by atoms with Gasteiger partial charge in [0.1, 0.15) is 5.82 Å². The van der Waals surface area contributed by atoms with Crippen molar-refractivity contribution >= 4 is 11.8 Å². The van der Waals surface area contributed by atoms with Gasteiger partial charge in [-0.25, -0.2) is 4.39 Å². The van der Waals surface area contributed by atoms with Gasteiger partial charge in [0.2, 0.25) is 0 Å². The molecule has 1 nitrogen and oxygen atoms in total. The van der Waals surface area contributed by atoms with Gasteiger partial charge in [-0.15, -0.1) is 11.8 Å². The first kappa shape index (κ1) is 11.9. The molecule has 1 saturated heterocycles. The minimum Gasteiger partial charge on any atom is -0.316 e. The highest BCUT2D eigenvalue weighted by atomic mass is 32.2. The first-order chi connectivity index (χ1) is 7.75. The molecule has 0 amide bonds. The maximum absolute atomic E-state index is 12.9. The van der Waals surface area contributed by atoms with Crippen LogP contribution in [0.5, 0.6) is 0 Å². The van der Waals surface area contributed by atoms with Crippen molar-refractivity contribution in [2.24, 2.45) is 5.92 Å². The lowest BCUT2D eigenvalue weighted by Crippen LogP contribution is -2.30. The van der Waals surface area contributed by atoms with E-state index in [1.165, 1.54) is 17.7 Å². The largest absolute Gasteiger partial charge is 0.316 e. The van der Waals surface area contributed by atoms with Crippen molar-refractivity contribution in [3.8, 4) is 0 Å². The van der Waals surface area contributed by atoms with E-state index in [2.05, 4.69) is 5.32 Å². The molecule has 0 bridgehead atoms. The van der Waals surface area contributed by atoms with Crippen LogP contribution in [0.4, 0.5) is 4.39 Å². The van der Waals surface area contributed by atoms with Crippen molar-refractivity contribution < 1.29 is 4.39 Å². The molecule has 88 valence electrons. The van der Waals surface area contributed by atoms with Gasteiger partial charge in [0.25, 0.3) is 0 Å². The zero-order valence-corrected chi connectivity index (χ0v) is 10.4. The lowest BCUT2D eigenvalue weighted by Gasteiger charge is -2.22. The molecule has 16 heavy (non-hydrogen) atoms. The number of hydrogen-bond donors (Lipinski definition) is 1. The van der Waals surface area contributed by atoms with E-state index in [0.717, 1.165) is 30.3 Å². The molecule has 3 heteroatoms. The fourth-order valence-corrected chi connectivity index (χ4v) is 3.20. The number of hydrogen-bond acceptors (Lipinski definition) is 2. The standard InChI is InChI=1S/C13H18FNS/c1-10-7-12(14)4-5-13(10)16-9-11-3-2-6-15-8-11/h4-5,7,11,15H,2-3,6,8-9H2,1H3. The Bertz CT molecular complexity index is 348. The fraction of sp³-hybridized carbons (Fsp3) is 0.538. The van der Waals surface area contributed by atoms with Gasteiger partial charge in [-0.1, -0.05) is 0 Å². The van der Waals surface area contributed by atoms with Crippen LogP contribution < -0.4 is 5.32 Å². The van der Waals surface area contributed by atoms with Crippen molar-refractivity contribution in [3.63, 3.8) is 0 Å². The number of thioether (sulfide) groups is 1. The Balaban J connectivity index is 1.88. The third-order valence-corrected chi connectivity index (χ3v) is 4.42. The number of piperidine rings is 1. The Morgan fingerprint density at radius 3 is 3.06 bits per heavy atom. The molecule has 1 aromatic rings. The second kappa shape index (κ2) is 5.69. The molecule has 0 aliphatic carbocycles. The van der Waals surface area contributed by atoms with Crippen molar-refractivity contribution in [2.45, 2.75) is 24.7 Å². The van der Waals surface area contributed by atoms with E-state index in [9.17, 15) is 4.39 Å². The number of rotatable bonds is 3. The first-order valence-electron chi connectivity index (χ1n) is 5.85. The van der Waals surface area contributed by atoms with E-state index in [-0.39, 0.29) is 5.82 Å². The summed E-state index contributed by atoms with van der Waals surface area (Å²) in [5.41, 5.74) is 1.05. The van der Waals surface area contributed by atoms with Crippen LogP contribution in [0.1, 0.15) is 18.4 Å². The quantitative estimate of drug-likeness (QED) is 0.813. The lowest BCUT2D eigenvalue weighted by molar-refractivity contribution is 0.410. The first-order valence-corrected chi connectivity index (χ1v) is 6.84. The molecule has 1 fully saturated rings. The van der Waals surface area contributed by atoms with Crippen LogP contribution in [0.15, 0.2) is 23.1 Å². The third kappa shape index (κ3) is 3.22. The number of halogens is 1. The van der Waals surface area contributed by atoms with Crippen molar-refractivity contribution in [1.82, 2.24) is 5.32 Å². The maximum Gasteiger partial charge on any atom is 0.123 e. The van der Waals surface area contributed by atoms with Crippen LogP contribution in [0.2, 0.25) is 0 Å². The van der Waals surface area contributed by atoms with Crippen LogP contribution in [0, 0.1) is 18.7 Å². The summed E-state index contributed by atoms with van der Waals surface area (Å²) in [6.45, 7) is 4.27. The molecule has 1 heterocycles. The molecular weight excluding hydrogens is 221 g/mol. The van der Waals surface area contributed by atoms with E-state index in [4.69, 9.17) is 0 Å². The number of aryl methyl sites for hydroxylation is 1. The molecule has 2 rings (SSSR count). The van der Waals surface area contributed by atoms with Gasteiger partial charge in [0.05, 0.1) is 0 Å². The average molecular weight is 239 g/mol. The molecule has 1 aromatic carbocycles. The lowest BCUT2D eigenvalue weighted by atomic mass is 10.0. The predicted molar refractivity (Wildman–Crippen MR) is 67.5 cm³/mol.